The molecule has 1 aromatic carbocycles. The van der Waals surface area contributed by atoms with Gasteiger partial charge in [0.2, 0.25) is 0 Å². The van der Waals surface area contributed by atoms with Crippen molar-refractivity contribution < 1.29 is 14.6 Å². The minimum atomic E-state index is -0.898. The normalized spacial score (nSPS) is 13.1. The Hall–Kier alpha value is -1.88. The number of hydrogen-bond acceptors (Lipinski definition) is 4. The topological polar surface area (TPSA) is 59.4 Å². The molecule has 4 nitrogen and oxygen atoms in total. The number of rotatable bonds is 3. The fourth-order valence-corrected chi connectivity index (χ4v) is 3.19. The number of hydrogen-bond donors (Lipinski definition) is 1. The standard InChI is InChI=1S/C14H13NO3S/c1-2-10-12(14(16)17)19-13(15-10)9-3-4-11-8(7-9)5-6-18-11/h3-4,7H,2,5-6H2,1H3,(H,16,17). The third-order valence-electron chi connectivity index (χ3n) is 3.16. The third kappa shape index (κ3) is 2.10. The first-order valence-electron chi connectivity index (χ1n) is 6.18. The first-order chi connectivity index (χ1) is 9.19. The van der Waals surface area contributed by atoms with Crippen LogP contribution in [0.3, 0.4) is 0 Å². The molecule has 0 spiro atoms. The van der Waals surface area contributed by atoms with Gasteiger partial charge in [-0.3, -0.25) is 0 Å². The molecule has 1 aromatic heterocycles. The first-order valence-corrected chi connectivity index (χ1v) is 6.99. The van der Waals surface area contributed by atoms with Crippen LogP contribution in [-0.4, -0.2) is 22.7 Å². The SMILES string of the molecule is CCc1nc(-c2ccc3c(c2)CCO3)sc1C(=O)O. The van der Waals surface area contributed by atoms with Gasteiger partial charge in [0.1, 0.15) is 15.6 Å². The van der Waals surface area contributed by atoms with E-state index in [9.17, 15) is 4.79 Å². The Balaban J connectivity index is 2.04. The number of benzene rings is 1. The molecule has 0 radical (unpaired) electrons. The highest BCUT2D eigenvalue weighted by Crippen LogP contribution is 2.33. The number of carbonyl (C=O) groups is 1. The highest BCUT2D eigenvalue weighted by atomic mass is 32.1. The summed E-state index contributed by atoms with van der Waals surface area (Å²) in [6.45, 7) is 2.64. The molecule has 98 valence electrons. The Morgan fingerprint density at radius 1 is 1.53 bits per heavy atom. The Labute approximate surface area is 114 Å². The highest BCUT2D eigenvalue weighted by molar-refractivity contribution is 7.17. The first kappa shape index (κ1) is 12.2. The van der Waals surface area contributed by atoms with E-state index in [1.54, 1.807) is 0 Å². The van der Waals surface area contributed by atoms with E-state index in [0.29, 0.717) is 17.0 Å². The largest absolute Gasteiger partial charge is 0.493 e. The zero-order valence-corrected chi connectivity index (χ0v) is 11.3. The Morgan fingerprint density at radius 2 is 2.37 bits per heavy atom. The molecule has 0 saturated heterocycles. The van der Waals surface area contributed by atoms with Crippen molar-refractivity contribution in [1.29, 1.82) is 0 Å². The number of nitrogens with zero attached hydrogens (tertiary/aromatic N) is 1. The van der Waals surface area contributed by atoms with E-state index in [4.69, 9.17) is 9.84 Å². The predicted octanol–water partition coefficient (Wildman–Crippen LogP) is 3.01. The average Bonchev–Trinajstić information content (AvgIpc) is 3.04. The predicted molar refractivity (Wildman–Crippen MR) is 73.1 cm³/mol. The van der Waals surface area contributed by atoms with Gasteiger partial charge in [0.05, 0.1) is 12.3 Å². The van der Waals surface area contributed by atoms with Crippen LogP contribution in [0.2, 0.25) is 0 Å². The van der Waals surface area contributed by atoms with Crippen LogP contribution >= 0.6 is 11.3 Å². The number of aryl methyl sites for hydroxylation is 1. The molecule has 3 rings (SSSR count). The molecular weight excluding hydrogens is 262 g/mol. The maximum absolute atomic E-state index is 11.2. The smallest absolute Gasteiger partial charge is 0.347 e. The van der Waals surface area contributed by atoms with Crippen molar-refractivity contribution in [3.63, 3.8) is 0 Å². The van der Waals surface area contributed by atoms with E-state index in [2.05, 4.69) is 4.98 Å². The summed E-state index contributed by atoms with van der Waals surface area (Å²) in [5.74, 6) is 0.0274. The summed E-state index contributed by atoms with van der Waals surface area (Å²) < 4.78 is 5.47. The number of thiazole rings is 1. The fraction of sp³-hybridized carbons (Fsp3) is 0.286. The van der Waals surface area contributed by atoms with E-state index in [0.717, 1.165) is 29.3 Å². The second-order valence-corrected chi connectivity index (χ2v) is 5.37. The van der Waals surface area contributed by atoms with Crippen LogP contribution in [0.5, 0.6) is 5.75 Å². The molecule has 0 atom stereocenters. The minimum Gasteiger partial charge on any atom is -0.493 e. The zero-order chi connectivity index (χ0) is 13.4. The maximum atomic E-state index is 11.2. The number of aromatic nitrogens is 1. The third-order valence-corrected chi connectivity index (χ3v) is 4.30. The van der Waals surface area contributed by atoms with Gasteiger partial charge < -0.3 is 9.84 Å². The van der Waals surface area contributed by atoms with E-state index in [-0.39, 0.29) is 0 Å². The molecule has 2 heterocycles. The van der Waals surface area contributed by atoms with E-state index in [1.807, 2.05) is 25.1 Å². The van der Waals surface area contributed by atoms with Gasteiger partial charge in [-0.25, -0.2) is 9.78 Å². The Kier molecular flexibility index (Phi) is 2.98. The van der Waals surface area contributed by atoms with Crippen molar-refractivity contribution in [1.82, 2.24) is 4.98 Å². The molecular formula is C14H13NO3S. The van der Waals surface area contributed by atoms with Crippen LogP contribution in [-0.2, 0) is 12.8 Å². The van der Waals surface area contributed by atoms with Gasteiger partial charge in [0.25, 0.3) is 0 Å². The van der Waals surface area contributed by atoms with Crippen molar-refractivity contribution in [3.8, 4) is 16.3 Å². The van der Waals surface area contributed by atoms with Gasteiger partial charge >= 0.3 is 5.97 Å². The monoisotopic (exact) mass is 275 g/mol. The molecule has 0 bridgehead atoms. The molecule has 0 amide bonds. The molecule has 0 saturated carbocycles. The number of carboxylic acids is 1. The van der Waals surface area contributed by atoms with Gasteiger partial charge in [-0.1, -0.05) is 6.92 Å². The summed E-state index contributed by atoms with van der Waals surface area (Å²) in [6, 6.07) is 5.92. The molecule has 1 aliphatic rings. The maximum Gasteiger partial charge on any atom is 0.347 e. The fourth-order valence-electron chi connectivity index (χ4n) is 2.20. The van der Waals surface area contributed by atoms with Crippen molar-refractivity contribution in [3.05, 3.63) is 34.3 Å². The summed E-state index contributed by atoms with van der Waals surface area (Å²) in [4.78, 5) is 15.9. The number of fused-ring (bicyclic) bond motifs is 1. The van der Waals surface area contributed by atoms with E-state index in [1.165, 1.54) is 16.9 Å². The van der Waals surface area contributed by atoms with Gasteiger partial charge in [-0.05, 0) is 30.2 Å². The summed E-state index contributed by atoms with van der Waals surface area (Å²) in [5, 5.41) is 9.93. The van der Waals surface area contributed by atoms with Gasteiger partial charge in [-0.15, -0.1) is 11.3 Å². The molecule has 19 heavy (non-hydrogen) atoms. The van der Waals surface area contributed by atoms with Gasteiger partial charge in [-0.2, -0.15) is 0 Å². The quantitative estimate of drug-likeness (QED) is 0.935. The van der Waals surface area contributed by atoms with Crippen molar-refractivity contribution >= 4 is 17.3 Å². The lowest BCUT2D eigenvalue weighted by Crippen LogP contribution is -1.97. The molecule has 5 heteroatoms. The Bertz CT molecular complexity index is 648. The van der Waals surface area contributed by atoms with Crippen molar-refractivity contribution in [2.45, 2.75) is 19.8 Å². The van der Waals surface area contributed by atoms with Crippen LogP contribution in [0, 0.1) is 0 Å². The zero-order valence-electron chi connectivity index (χ0n) is 10.5. The van der Waals surface area contributed by atoms with E-state index >= 15 is 0 Å². The Morgan fingerprint density at radius 3 is 3.05 bits per heavy atom. The molecule has 1 aliphatic heterocycles. The van der Waals surface area contributed by atoms with Crippen LogP contribution < -0.4 is 4.74 Å². The molecule has 0 fully saturated rings. The summed E-state index contributed by atoms with van der Waals surface area (Å²) >= 11 is 1.24. The van der Waals surface area contributed by atoms with Crippen molar-refractivity contribution in [2.75, 3.05) is 6.61 Å². The molecule has 1 N–H and O–H groups in total. The van der Waals surface area contributed by atoms with Gasteiger partial charge in [0.15, 0.2) is 0 Å². The summed E-state index contributed by atoms with van der Waals surface area (Å²) in [6.07, 6.45) is 1.53. The van der Waals surface area contributed by atoms with Crippen LogP contribution in [0.4, 0.5) is 0 Å². The second kappa shape index (κ2) is 4.66. The number of aromatic carboxylic acids is 1. The summed E-state index contributed by atoms with van der Waals surface area (Å²) in [5.41, 5.74) is 2.79. The highest BCUT2D eigenvalue weighted by Gasteiger charge is 2.18. The van der Waals surface area contributed by atoms with Crippen LogP contribution in [0.15, 0.2) is 18.2 Å². The molecule has 0 unspecified atom stereocenters. The summed E-state index contributed by atoms with van der Waals surface area (Å²) in [7, 11) is 0. The number of carboxylic acid groups (broad SMARTS) is 1. The second-order valence-electron chi connectivity index (χ2n) is 4.37. The lowest BCUT2D eigenvalue weighted by Gasteiger charge is -2.00. The lowest BCUT2D eigenvalue weighted by molar-refractivity contribution is 0.0701. The molecule has 2 aromatic rings. The van der Waals surface area contributed by atoms with Crippen molar-refractivity contribution in [2.24, 2.45) is 0 Å². The van der Waals surface area contributed by atoms with Crippen LogP contribution in [0.25, 0.3) is 10.6 Å². The number of ether oxygens (including phenoxy) is 1. The van der Waals surface area contributed by atoms with Gasteiger partial charge in [0, 0.05) is 12.0 Å². The van der Waals surface area contributed by atoms with E-state index < -0.39 is 5.97 Å². The minimum absolute atomic E-state index is 0.342. The van der Waals surface area contributed by atoms with Crippen LogP contribution in [0.1, 0.15) is 27.9 Å². The lowest BCUT2D eigenvalue weighted by atomic mass is 10.1. The average molecular weight is 275 g/mol. The molecule has 0 aliphatic carbocycles.